The van der Waals surface area contributed by atoms with E-state index in [4.69, 9.17) is 4.52 Å². The summed E-state index contributed by atoms with van der Waals surface area (Å²) in [6, 6.07) is 14.8. The molecule has 1 aromatic carbocycles. The Balaban J connectivity index is 1.74. The van der Waals surface area contributed by atoms with Gasteiger partial charge in [-0.25, -0.2) is 4.98 Å². The minimum atomic E-state index is -0.190. The number of hydrogen-bond acceptors (Lipinski definition) is 5. The number of benzene rings is 1. The number of pyridine rings is 2. The molecule has 0 aliphatic carbocycles. The molecule has 6 heteroatoms. The Morgan fingerprint density at radius 3 is 2.68 bits per heavy atom. The second-order valence-electron chi connectivity index (χ2n) is 5.47. The van der Waals surface area contributed by atoms with Gasteiger partial charge in [-0.1, -0.05) is 23.4 Å². The van der Waals surface area contributed by atoms with Gasteiger partial charge in [-0.3, -0.25) is 9.78 Å². The van der Waals surface area contributed by atoms with E-state index in [0.717, 1.165) is 22.2 Å². The van der Waals surface area contributed by atoms with Gasteiger partial charge in [0.05, 0.1) is 29.5 Å². The SMILES string of the molecule is O=C(NCc1ccno1)c1cc(-c2ccncc2)nc2ccccc12. The number of fused-ring (bicyclic) bond motifs is 1. The highest BCUT2D eigenvalue weighted by Gasteiger charge is 2.14. The molecule has 3 aromatic heterocycles. The smallest absolute Gasteiger partial charge is 0.252 e. The first kappa shape index (κ1) is 15.0. The standard InChI is InChI=1S/C19H14N4O2/c24-19(21-12-14-7-10-22-25-14)16-11-18(13-5-8-20-9-6-13)23-17-4-2-1-3-15(16)17/h1-11H,12H2,(H,21,24). The van der Waals surface area contributed by atoms with Crippen LogP contribution in [0.4, 0.5) is 0 Å². The Labute approximate surface area is 143 Å². The Morgan fingerprint density at radius 2 is 1.88 bits per heavy atom. The maximum absolute atomic E-state index is 12.7. The molecular weight excluding hydrogens is 316 g/mol. The first-order chi connectivity index (χ1) is 12.3. The first-order valence-electron chi connectivity index (χ1n) is 7.79. The Kier molecular flexibility index (Phi) is 3.92. The predicted molar refractivity (Wildman–Crippen MR) is 92.6 cm³/mol. The van der Waals surface area contributed by atoms with Crippen LogP contribution >= 0.6 is 0 Å². The van der Waals surface area contributed by atoms with Crippen LogP contribution in [0.1, 0.15) is 16.1 Å². The van der Waals surface area contributed by atoms with Crippen LogP contribution in [0.2, 0.25) is 0 Å². The average Bonchev–Trinajstić information content (AvgIpc) is 3.19. The van der Waals surface area contributed by atoms with Crippen molar-refractivity contribution in [1.82, 2.24) is 20.4 Å². The van der Waals surface area contributed by atoms with Crippen LogP contribution in [-0.2, 0) is 6.54 Å². The van der Waals surface area contributed by atoms with Gasteiger partial charge in [0, 0.05) is 29.4 Å². The van der Waals surface area contributed by atoms with E-state index in [1.165, 1.54) is 0 Å². The van der Waals surface area contributed by atoms with E-state index in [-0.39, 0.29) is 12.5 Å². The topological polar surface area (TPSA) is 80.9 Å². The molecule has 4 aromatic rings. The molecule has 0 spiro atoms. The van der Waals surface area contributed by atoms with Crippen molar-refractivity contribution in [2.75, 3.05) is 0 Å². The van der Waals surface area contributed by atoms with Gasteiger partial charge in [-0.2, -0.15) is 0 Å². The molecule has 25 heavy (non-hydrogen) atoms. The van der Waals surface area contributed by atoms with Gasteiger partial charge in [0.25, 0.3) is 5.91 Å². The first-order valence-corrected chi connectivity index (χ1v) is 7.79. The Hall–Kier alpha value is -3.54. The summed E-state index contributed by atoms with van der Waals surface area (Å²) in [5, 5.41) is 7.30. The fourth-order valence-corrected chi connectivity index (χ4v) is 2.63. The molecule has 0 saturated heterocycles. The van der Waals surface area contributed by atoms with Crippen molar-refractivity contribution in [2.24, 2.45) is 0 Å². The molecule has 0 radical (unpaired) electrons. The molecule has 1 amide bonds. The summed E-state index contributed by atoms with van der Waals surface area (Å²) >= 11 is 0. The van der Waals surface area contributed by atoms with Crippen molar-refractivity contribution < 1.29 is 9.32 Å². The van der Waals surface area contributed by atoms with Crippen LogP contribution in [0.25, 0.3) is 22.2 Å². The monoisotopic (exact) mass is 330 g/mol. The normalized spacial score (nSPS) is 10.7. The number of nitrogens with zero attached hydrogens (tertiary/aromatic N) is 3. The van der Waals surface area contributed by atoms with Gasteiger partial charge < -0.3 is 9.84 Å². The van der Waals surface area contributed by atoms with Crippen molar-refractivity contribution in [2.45, 2.75) is 6.54 Å². The zero-order chi connectivity index (χ0) is 17.1. The molecule has 3 heterocycles. The quantitative estimate of drug-likeness (QED) is 0.621. The van der Waals surface area contributed by atoms with Crippen LogP contribution < -0.4 is 5.32 Å². The fourth-order valence-electron chi connectivity index (χ4n) is 2.63. The lowest BCUT2D eigenvalue weighted by molar-refractivity contribution is 0.0948. The van der Waals surface area contributed by atoms with Gasteiger partial charge >= 0.3 is 0 Å². The van der Waals surface area contributed by atoms with E-state index in [9.17, 15) is 4.79 Å². The molecule has 1 N–H and O–H groups in total. The highest BCUT2D eigenvalue weighted by atomic mass is 16.5. The molecule has 122 valence electrons. The van der Waals surface area contributed by atoms with Gasteiger partial charge in [0.1, 0.15) is 0 Å². The van der Waals surface area contributed by atoms with Crippen LogP contribution in [0.5, 0.6) is 0 Å². The lowest BCUT2D eigenvalue weighted by Gasteiger charge is -2.10. The molecular formula is C19H14N4O2. The molecule has 0 aliphatic rings. The summed E-state index contributed by atoms with van der Waals surface area (Å²) in [6.07, 6.45) is 4.95. The summed E-state index contributed by atoms with van der Waals surface area (Å²) in [5.74, 6) is 0.409. The van der Waals surface area contributed by atoms with Gasteiger partial charge in [0.2, 0.25) is 0 Å². The largest absolute Gasteiger partial charge is 0.360 e. The number of hydrogen-bond donors (Lipinski definition) is 1. The van der Waals surface area contributed by atoms with Crippen LogP contribution in [-0.4, -0.2) is 21.0 Å². The van der Waals surface area contributed by atoms with E-state index < -0.39 is 0 Å². The molecule has 6 nitrogen and oxygen atoms in total. The zero-order valence-electron chi connectivity index (χ0n) is 13.2. The third kappa shape index (κ3) is 3.10. The van der Waals surface area contributed by atoms with E-state index in [2.05, 4.69) is 20.4 Å². The molecule has 0 saturated carbocycles. The molecule has 0 bridgehead atoms. The van der Waals surface area contributed by atoms with Crippen LogP contribution in [0, 0.1) is 0 Å². The van der Waals surface area contributed by atoms with E-state index in [1.807, 2.05) is 36.4 Å². The van der Waals surface area contributed by atoms with E-state index in [0.29, 0.717) is 11.3 Å². The van der Waals surface area contributed by atoms with Crippen LogP contribution in [0.3, 0.4) is 0 Å². The third-order valence-electron chi connectivity index (χ3n) is 3.85. The minimum Gasteiger partial charge on any atom is -0.360 e. The predicted octanol–water partition coefficient (Wildman–Crippen LogP) is 3.21. The maximum Gasteiger partial charge on any atom is 0.252 e. The second-order valence-corrected chi connectivity index (χ2v) is 5.47. The maximum atomic E-state index is 12.7. The van der Waals surface area contributed by atoms with Gasteiger partial charge in [-0.15, -0.1) is 0 Å². The lowest BCUT2D eigenvalue weighted by atomic mass is 10.0. The highest BCUT2D eigenvalue weighted by molar-refractivity contribution is 6.07. The summed E-state index contributed by atoms with van der Waals surface area (Å²) in [5.41, 5.74) is 2.97. The number of para-hydroxylation sites is 1. The molecule has 0 fully saturated rings. The lowest BCUT2D eigenvalue weighted by Crippen LogP contribution is -2.23. The Bertz CT molecular complexity index is 1010. The second kappa shape index (κ2) is 6.52. The Morgan fingerprint density at radius 1 is 1.04 bits per heavy atom. The fraction of sp³-hybridized carbons (Fsp3) is 0.0526. The van der Waals surface area contributed by atoms with Crippen molar-refractivity contribution in [1.29, 1.82) is 0 Å². The van der Waals surface area contributed by atoms with Crippen molar-refractivity contribution >= 4 is 16.8 Å². The van der Waals surface area contributed by atoms with E-state index in [1.54, 1.807) is 30.7 Å². The van der Waals surface area contributed by atoms with E-state index >= 15 is 0 Å². The van der Waals surface area contributed by atoms with Crippen LogP contribution in [0.15, 0.2) is 71.6 Å². The van der Waals surface area contributed by atoms with Crippen molar-refractivity contribution in [3.8, 4) is 11.3 Å². The number of amides is 1. The molecule has 0 aliphatic heterocycles. The van der Waals surface area contributed by atoms with Crippen molar-refractivity contribution in [3.05, 3.63) is 78.4 Å². The summed E-state index contributed by atoms with van der Waals surface area (Å²) in [4.78, 5) is 21.4. The number of carbonyl (C=O) groups is 1. The molecule has 4 rings (SSSR count). The average molecular weight is 330 g/mol. The molecule has 0 atom stereocenters. The third-order valence-corrected chi connectivity index (χ3v) is 3.85. The van der Waals surface area contributed by atoms with Gasteiger partial charge in [0.15, 0.2) is 5.76 Å². The van der Waals surface area contributed by atoms with Crippen molar-refractivity contribution in [3.63, 3.8) is 0 Å². The minimum absolute atomic E-state index is 0.190. The summed E-state index contributed by atoms with van der Waals surface area (Å²) < 4.78 is 5.02. The highest BCUT2D eigenvalue weighted by Crippen LogP contribution is 2.24. The number of aromatic nitrogens is 3. The number of carbonyl (C=O) groups excluding carboxylic acids is 1. The summed E-state index contributed by atoms with van der Waals surface area (Å²) in [7, 11) is 0. The summed E-state index contributed by atoms with van der Waals surface area (Å²) in [6.45, 7) is 0.278. The molecule has 0 unspecified atom stereocenters. The van der Waals surface area contributed by atoms with Gasteiger partial charge in [-0.05, 0) is 24.3 Å². The number of rotatable bonds is 4. The zero-order valence-corrected chi connectivity index (χ0v) is 13.2. The number of nitrogens with one attached hydrogen (secondary N) is 1.